The van der Waals surface area contributed by atoms with Crippen molar-refractivity contribution in [2.24, 2.45) is 0 Å². The van der Waals surface area contributed by atoms with E-state index in [1.807, 2.05) is 49.2 Å². The van der Waals surface area contributed by atoms with E-state index in [4.69, 9.17) is 9.62 Å². The van der Waals surface area contributed by atoms with Crippen molar-refractivity contribution < 1.29 is 14.4 Å². The van der Waals surface area contributed by atoms with Crippen LogP contribution in [0.25, 0.3) is 11.3 Å². The van der Waals surface area contributed by atoms with Crippen molar-refractivity contribution in [3.8, 4) is 11.3 Å². The van der Waals surface area contributed by atoms with Crippen molar-refractivity contribution >= 4 is 5.91 Å². The molecule has 30 heavy (non-hydrogen) atoms. The largest absolute Gasteiger partial charge is 0.394 e. The molecule has 0 bridgehead atoms. The number of benzene rings is 1. The number of carbonyl (C=O) groups is 1. The lowest BCUT2D eigenvalue weighted by Gasteiger charge is -2.35. The van der Waals surface area contributed by atoms with Gasteiger partial charge in [0.15, 0.2) is 5.76 Å². The third kappa shape index (κ3) is 4.31. The minimum atomic E-state index is -0.114. The molecule has 1 amide bonds. The molecule has 2 aromatic heterocycles. The normalized spacial score (nSPS) is 16.8. The zero-order valence-corrected chi connectivity index (χ0v) is 17.5. The molecule has 7 heteroatoms. The van der Waals surface area contributed by atoms with E-state index in [9.17, 15) is 9.90 Å². The number of aliphatic hydroxyl groups excluding tert-OH is 1. The van der Waals surface area contributed by atoms with Gasteiger partial charge in [-0.15, -0.1) is 0 Å². The summed E-state index contributed by atoms with van der Waals surface area (Å²) in [5.41, 5.74) is 4.63. The van der Waals surface area contributed by atoms with Gasteiger partial charge in [0.05, 0.1) is 42.6 Å². The Morgan fingerprint density at radius 1 is 1.27 bits per heavy atom. The maximum absolute atomic E-state index is 13.3. The van der Waals surface area contributed by atoms with Crippen molar-refractivity contribution in [1.82, 2.24) is 19.8 Å². The van der Waals surface area contributed by atoms with Gasteiger partial charge in [0.25, 0.3) is 0 Å². The molecule has 1 fully saturated rings. The zero-order chi connectivity index (χ0) is 21.1. The number of aryl methyl sites for hydroxylation is 2. The number of aliphatic hydroxyl groups is 1. The number of likely N-dealkylation sites (tertiary alicyclic amines) is 1. The third-order valence-corrected chi connectivity index (χ3v) is 5.59. The van der Waals surface area contributed by atoms with Crippen molar-refractivity contribution in [2.45, 2.75) is 52.1 Å². The van der Waals surface area contributed by atoms with Crippen molar-refractivity contribution in [2.75, 3.05) is 13.2 Å². The summed E-state index contributed by atoms with van der Waals surface area (Å²) in [6, 6.07) is 9.87. The molecule has 0 aliphatic carbocycles. The Hall–Kier alpha value is -2.93. The standard InChI is InChI=1S/C23H28N4O3/c1-16-6-5-7-18(12-16)14-22(29)27-9-4-3-8-20(27)23-19(15-26(24-23)10-11-28)21-13-17(2)25-30-21/h5-7,12-13,15,20,28H,3-4,8-11,14H2,1-2H3. The lowest BCUT2D eigenvalue weighted by molar-refractivity contribution is -0.134. The monoisotopic (exact) mass is 408 g/mol. The van der Waals surface area contributed by atoms with Crippen LogP contribution >= 0.6 is 0 Å². The first kappa shape index (κ1) is 20.3. The molecule has 0 radical (unpaired) electrons. The van der Waals surface area contributed by atoms with E-state index in [2.05, 4.69) is 11.2 Å². The molecule has 1 atom stereocenters. The smallest absolute Gasteiger partial charge is 0.227 e. The van der Waals surface area contributed by atoms with E-state index in [0.717, 1.165) is 53.9 Å². The number of amides is 1. The van der Waals surface area contributed by atoms with Crippen molar-refractivity contribution in [1.29, 1.82) is 0 Å². The maximum atomic E-state index is 13.3. The van der Waals surface area contributed by atoms with Crippen LogP contribution in [0.5, 0.6) is 0 Å². The Kier molecular flexibility index (Phi) is 5.99. The van der Waals surface area contributed by atoms with Gasteiger partial charge in [-0.2, -0.15) is 5.10 Å². The van der Waals surface area contributed by atoms with Gasteiger partial charge in [0.2, 0.25) is 5.91 Å². The molecule has 158 valence electrons. The fourth-order valence-electron chi connectivity index (χ4n) is 4.19. The van der Waals surface area contributed by atoms with Gasteiger partial charge in [-0.3, -0.25) is 9.48 Å². The molecule has 3 aromatic rings. The van der Waals surface area contributed by atoms with Crippen LogP contribution in [0.1, 0.15) is 47.8 Å². The molecule has 1 unspecified atom stereocenters. The SMILES string of the molecule is Cc1cccc(CC(=O)N2CCCCC2c2nn(CCO)cc2-c2cc(C)no2)c1. The van der Waals surface area contributed by atoms with E-state index >= 15 is 0 Å². The number of rotatable bonds is 6. The molecule has 1 aliphatic rings. The summed E-state index contributed by atoms with van der Waals surface area (Å²) in [4.78, 5) is 15.2. The van der Waals surface area contributed by atoms with Gasteiger partial charge in [0, 0.05) is 18.8 Å². The van der Waals surface area contributed by atoms with Crippen LogP contribution in [0.4, 0.5) is 0 Å². The molecule has 0 spiro atoms. The van der Waals surface area contributed by atoms with Crippen molar-refractivity contribution in [3.63, 3.8) is 0 Å². The highest BCUT2D eigenvalue weighted by Gasteiger charge is 2.32. The molecule has 1 saturated heterocycles. The Balaban J connectivity index is 1.66. The first-order valence-corrected chi connectivity index (χ1v) is 10.5. The summed E-state index contributed by atoms with van der Waals surface area (Å²) >= 11 is 0. The molecule has 4 rings (SSSR count). The van der Waals surface area contributed by atoms with Gasteiger partial charge in [0.1, 0.15) is 0 Å². The molecule has 3 heterocycles. The Morgan fingerprint density at radius 2 is 2.13 bits per heavy atom. The number of carbonyl (C=O) groups excluding carboxylic acids is 1. The fraction of sp³-hybridized carbons (Fsp3) is 0.435. The van der Waals surface area contributed by atoms with Crippen LogP contribution in [-0.2, 0) is 17.8 Å². The molecular weight excluding hydrogens is 380 g/mol. The van der Waals surface area contributed by atoms with Gasteiger partial charge in [-0.05, 0) is 38.7 Å². The molecule has 1 aliphatic heterocycles. The lowest BCUT2D eigenvalue weighted by atomic mass is 9.95. The summed E-state index contributed by atoms with van der Waals surface area (Å²) in [5.74, 6) is 0.755. The summed E-state index contributed by atoms with van der Waals surface area (Å²) in [6.07, 6.45) is 5.15. The number of hydrogen-bond acceptors (Lipinski definition) is 5. The average molecular weight is 409 g/mol. The van der Waals surface area contributed by atoms with Crippen LogP contribution in [0.2, 0.25) is 0 Å². The summed E-state index contributed by atoms with van der Waals surface area (Å²) in [6.45, 7) is 5.03. The van der Waals surface area contributed by atoms with E-state index in [1.165, 1.54) is 0 Å². The van der Waals surface area contributed by atoms with Crippen LogP contribution in [0, 0.1) is 13.8 Å². The highest BCUT2D eigenvalue weighted by molar-refractivity contribution is 5.79. The van der Waals surface area contributed by atoms with Crippen LogP contribution in [-0.4, -0.2) is 44.0 Å². The van der Waals surface area contributed by atoms with E-state index in [0.29, 0.717) is 18.7 Å². The minimum absolute atomic E-state index is 0.00331. The summed E-state index contributed by atoms with van der Waals surface area (Å²) < 4.78 is 7.23. The van der Waals surface area contributed by atoms with Crippen molar-refractivity contribution in [3.05, 3.63) is 59.0 Å². The predicted molar refractivity (Wildman–Crippen MR) is 113 cm³/mol. The Morgan fingerprint density at radius 3 is 2.87 bits per heavy atom. The average Bonchev–Trinajstić information content (AvgIpc) is 3.34. The van der Waals surface area contributed by atoms with Crippen LogP contribution in [0.15, 0.2) is 41.1 Å². The Bertz CT molecular complexity index is 1020. The number of aromatic nitrogens is 3. The molecule has 7 nitrogen and oxygen atoms in total. The van der Waals surface area contributed by atoms with Crippen LogP contribution < -0.4 is 0 Å². The minimum Gasteiger partial charge on any atom is -0.394 e. The topological polar surface area (TPSA) is 84.4 Å². The van der Waals surface area contributed by atoms with Crippen LogP contribution in [0.3, 0.4) is 0 Å². The predicted octanol–water partition coefficient (Wildman–Crippen LogP) is 3.44. The third-order valence-electron chi connectivity index (χ3n) is 5.59. The first-order chi connectivity index (χ1) is 14.5. The quantitative estimate of drug-likeness (QED) is 0.675. The highest BCUT2D eigenvalue weighted by atomic mass is 16.5. The fourth-order valence-corrected chi connectivity index (χ4v) is 4.19. The van der Waals surface area contributed by atoms with E-state index in [1.54, 1.807) is 4.68 Å². The maximum Gasteiger partial charge on any atom is 0.227 e. The summed E-state index contributed by atoms with van der Waals surface area (Å²) in [7, 11) is 0. The second-order valence-electron chi connectivity index (χ2n) is 8.01. The molecule has 1 N–H and O–H groups in total. The second kappa shape index (κ2) is 8.83. The van der Waals surface area contributed by atoms with E-state index in [-0.39, 0.29) is 18.6 Å². The lowest BCUT2D eigenvalue weighted by Crippen LogP contribution is -2.39. The number of hydrogen-bond donors (Lipinski definition) is 1. The van der Waals surface area contributed by atoms with E-state index < -0.39 is 0 Å². The number of piperidine rings is 1. The summed E-state index contributed by atoms with van der Waals surface area (Å²) in [5, 5.41) is 18.1. The Labute approximate surface area is 176 Å². The molecule has 1 aromatic carbocycles. The van der Waals surface area contributed by atoms with Gasteiger partial charge < -0.3 is 14.5 Å². The van der Waals surface area contributed by atoms with Gasteiger partial charge >= 0.3 is 0 Å². The molecular formula is C23H28N4O3. The highest BCUT2D eigenvalue weighted by Crippen LogP contribution is 2.36. The number of nitrogens with zero attached hydrogens (tertiary/aromatic N) is 4. The molecule has 0 saturated carbocycles. The zero-order valence-electron chi connectivity index (χ0n) is 17.5. The first-order valence-electron chi connectivity index (χ1n) is 10.5. The second-order valence-corrected chi connectivity index (χ2v) is 8.01. The van der Waals surface area contributed by atoms with Gasteiger partial charge in [-0.1, -0.05) is 35.0 Å². The van der Waals surface area contributed by atoms with Gasteiger partial charge in [-0.25, -0.2) is 0 Å².